The predicted octanol–water partition coefficient (Wildman–Crippen LogP) is 3.84. The van der Waals surface area contributed by atoms with Gasteiger partial charge in [0.1, 0.15) is 5.75 Å². The van der Waals surface area contributed by atoms with E-state index in [1.54, 1.807) is 0 Å². The van der Waals surface area contributed by atoms with Gasteiger partial charge in [-0.3, -0.25) is 9.48 Å². The quantitative estimate of drug-likeness (QED) is 0.794. The van der Waals surface area contributed by atoms with Crippen molar-refractivity contribution in [3.05, 3.63) is 41.7 Å². The molecule has 1 amide bonds. The maximum absolute atomic E-state index is 12.6. The second-order valence-electron chi connectivity index (χ2n) is 5.06. The number of benzene rings is 1. The van der Waals surface area contributed by atoms with Crippen LogP contribution < -0.4 is 10.1 Å². The fourth-order valence-electron chi connectivity index (χ4n) is 2.06. The molecular weight excluding hydrogens is 349 g/mol. The van der Waals surface area contributed by atoms with E-state index in [0.29, 0.717) is 0 Å². The molecule has 0 saturated heterocycles. The number of rotatable bonds is 6. The van der Waals surface area contributed by atoms with E-state index in [0.717, 1.165) is 10.7 Å². The van der Waals surface area contributed by atoms with Crippen molar-refractivity contribution in [1.29, 1.82) is 0 Å². The Labute approximate surface area is 139 Å². The van der Waals surface area contributed by atoms with Crippen molar-refractivity contribution in [1.82, 2.24) is 9.78 Å². The molecule has 1 N–H and O–H groups in total. The summed E-state index contributed by atoms with van der Waals surface area (Å²) in [5.41, 5.74) is -0.747. The smallest absolute Gasteiger partial charge is 0.433 e. The van der Waals surface area contributed by atoms with Gasteiger partial charge in [-0.2, -0.15) is 27.1 Å². The molecule has 25 heavy (non-hydrogen) atoms. The number of hydrogen-bond donors (Lipinski definition) is 1. The number of para-hydroxylation sites is 2. The maximum Gasteiger partial charge on any atom is 0.435 e. The van der Waals surface area contributed by atoms with Crippen LogP contribution in [0.15, 0.2) is 30.3 Å². The number of halogens is 5. The Kier molecular flexibility index (Phi) is 5.60. The summed E-state index contributed by atoms with van der Waals surface area (Å²) in [6, 6.07) is 6.48. The van der Waals surface area contributed by atoms with E-state index in [-0.39, 0.29) is 30.1 Å². The van der Waals surface area contributed by atoms with E-state index in [1.165, 1.54) is 31.2 Å². The van der Waals surface area contributed by atoms with Crippen LogP contribution in [-0.2, 0) is 17.5 Å². The van der Waals surface area contributed by atoms with Crippen LogP contribution >= 0.6 is 0 Å². The molecule has 0 unspecified atom stereocenters. The van der Waals surface area contributed by atoms with Gasteiger partial charge in [-0.25, -0.2) is 0 Å². The number of carbonyl (C=O) groups excluding carboxylic acids is 1. The number of amides is 1. The number of aryl methyl sites for hydroxylation is 2. The number of nitrogens with zero attached hydrogens (tertiary/aromatic N) is 2. The van der Waals surface area contributed by atoms with E-state index in [4.69, 9.17) is 0 Å². The number of carbonyl (C=O) groups is 1. The molecule has 136 valence electrons. The molecule has 0 fully saturated rings. The van der Waals surface area contributed by atoms with Crippen LogP contribution in [0, 0.1) is 6.92 Å². The number of aromatic nitrogens is 2. The summed E-state index contributed by atoms with van der Waals surface area (Å²) in [5.74, 6) is -0.783. The predicted molar refractivity (Wildman–Crippen MR) is 78.3 cm³/mol. The SMILES string of the molecule is Cc1cc(C(F)(F)F)nn1CCC(=O)Nc1ccccc1OC(F)F. The Morgan fingerprint density at radius 2 is 2.00 bits per heavy atom. The van der Waals surface area contributed by atoms with Crippen LogP contribution in [0.4, 0.5) is 27.6 Å². The Morgan fingerprint density at radius 3 is 2.60 bits per heavy atom. The zero-order valence-electron chi connectivity index (χ0n) is 13.0. The number of anilines is 1. The first-order chi connectivity index (χ1) is 11.7. The van der Waals surface area contributed by atoms with Crippen molar-refractivity contribution in [2.75, 3.05) is 5.32 Å². The monoisotopic (exact) mass is 363 g/mol. The van der Waals surface area contributed by atoms with Gasteiger partial charge in [0.25, 0.3) is 0 Å². The van der Waals surface area contributed by atoms with E-state index >= 15 is 0 Å². The van der Waals surface area contributed by atoms with Crippen LogP contribution in [0.3, 0.4) is 0 Å². The minimum absolute atomic E-state index is 0.0426. The summed E-state index contributed by atoms with van der Waals surface area (Å²) >= 11 is 0. The topological polar surface area (TPSA) is 56.2 Å². The molecule has 0 aliphatic carbocycles. The van der Waals surface area contributed by atoms with Gasteiger partial charge in [0.15, 0.2) is 5.69 Å². The molecule has 0 aliphatic rings. The van der Waals surface area contributed by atoms with Crippen LogP contribution in [0.25, 0.3) is 0 Å². The van der Waals surface area contributed by atoms with Gasteiger partial charge in [-0.15, -0.1) is 0 Å². The van der Waals surface area contributed by atoms with Crippen molar-refractivity contribution in [2.24, 2.45) is 0 Å². The zero-order valence-corrected chi connectivity index (χ0v) is 13.0. The standard InChI is InChI=1S/C15H14F5N3O2/c1-9-8-12(15(18,19)20)22-23(9)7-6-13(24)21-10-4-2-3-5-11(10)25-14(16)17/h2-5,8,14H,6-7H2,1H3,(H,21,24). The third-order valence-electron chi connectivity index (χ3n) is 3.20. The van der Waals surface area contributed by atoms with E-state index in [2.05, 4.69) is 15.2 Å². The highest BCUT2D eigenvalue weighted by molar-refractivity contribution is 5.92. The van der Waals surface area contributed by atoms with Crippen molar-refractivity contribution < 1.29 is 31.5 Å². The normalized spacial score (nSPS) is 11.6. The highest BCUT2D eigenvalue weighted by Crippen LogP contribution is 2.28. The van der Waals surface area contributed by atoms with Gasteiger partial charge in [-0.1, -0.05) is 12.1 Å². The van der Waals surface area contributed by atoms with Crippen LogP contribution in [0.1, 0.15) is 17.8 Å². The lowest BCUT2D eigenvalue weighted by Gasteiger charge is -2.12. The average molecular weight is 363 g/mol. The average Bonchev–Trinajstić information content (AvgIpc) is 2.88. The molecular formula is C15H14F5N3O2. The second kappa shape index (κ2) is 7.49. The molecule has 5 nitrogen and oxygen atoms in total. The lowest BCUT2D eigenvalue weighted by atomic mass is 10.2. The summed E-state index contributed by atoms with van der Waals surface area (Å²) in [7, 11) is 0. The third-order valence-corrected chi connectivity index (χ3v) is 3.20. The van der Waals surface area contributed by atoms with Gasteiger partial charge >= 0.3 is 12.8 Å². The molecule has 0 bridgehead atoms. The van der Waals surface area contributed by atoms with Gasteiger partial charge < -0.3 is 10.1 Å². The minimum Gasteiger partial charge on any atom is -0.433 e. The molecule has 0 aliphatic heterocycles. The fraction of sp³-hybridized carbons (Fsp3) is 0.333. The summed E-state index contributed by atoms with van der Waals surface area (Å²) in [6.45, 7) is -1.71. The van der Waals surface area contributed by atoms with Gasteiger partial charge in [0, 0.05) is 18.7 Å². The molecule has 1 aromatic carbocycles. The summed E-state index contributed by atoms with van der Waals surface area (Å²) in [5, 5.41) is 5.79. The Bertz CT molecular complexity index is 743. The summed E-state index contributed by atoms with van der Waals surface area (Å²) in [6.07, 6.45) is -4.76. The second-order valence-corrected chi connectivity index (χ2v) is 5.06. The summed E-state index contributed by atoms with van der Waals surface area (Å²) < 4.78 is 67.7. The number of alkyl halides is 5. The zero-order chi connectivity index (χ0) is 18.6. The summed E-state index contributed by atoms with van der Waals surface area (Å²) in [4.78, 5) is 11.9. The Morgan fingerprint density at radius 1 is 1.32 bits per heavy atom. The molecule has 1 heterocycles. The third kappa shape index (κ3) is 5.16. The first kappa shape index (κ1) is 18.7. The molecule has 0 saturated carbocycles. The first-order valence-corrected chi connectivity index (χ1v) is 7.12. The van der Waals surface area contributed by atoms with Crippen molar-refractivity contribution in [2.45, 2.75) is 32.7 Å². The van der Waals surface area contributed by atoms with E-state index in [9.17, 15) is 26.7 Å². The van der Waals surface area contributed by atoms with E-state index < -0.39 is 24.4 Å². The van der Waals surface area contributed by atoms with Crippen molar-refractivity contribution in [3.8, 4) is 5.75 Å². The first-order valence-electron chi connectivity index (χ1n) is 7.12. The van der Waals surface area contributed by atoms with Gasteiger partial charge in [-0.05, 0) is 25.1 Å². The molecule has 10 heteroatoms. The van der Waals surface area contributed by atoms with Crippen LogP contribution in [0.2, 0.25) is 0 Å². The van der Waals surface area contributed by atoms with Crippen LogP contribution in [0.5, 0.6) is 5.75 Å². The van der Waals surface area contributed by atoms with Crippen molar-refractivity contribution >= 4 is 11.6 Å². The number of ether oxygens (including phenoxy) is 1. The molecule has 2 aromatic rings. The lowest BCUT2D eigenvalue weighted by Crippen LogP contribution is -2.17. The van der Waals surface area contributed by atoms with Crippen molar-refractivity contribution in [3.63, 3.8) is 0 Å². The number of nitrogens with one attached hydrogen (secondary N) is 1. The van der Waals surface area contributed by atoms with Gasteiger partial charge in [0.05, 0.1) is 5.69 Å². The Balaban J connectivity index is 1.99. The largest absolute Gasteiger partial charge is 0.435 e. The molecule has 0 radical (unpaired) electrons. The lowest BCUT2D eigenvalue weighted by molar-refractivity contribution is -0.141. The highest BCUT2D eigenvalue weighted by atomic mass is 19.4. The fourth-order valence-corrected chi connectivity index (χ4v) is 2.06. The molecule has 1 aromatic heterocycles. The highest BCUT2D eigenvalue weighted by Gasteiger charge is 2.34. The Hall–Kier alpha value is -2.65. The van der Waals surface area contributed by atoms with Gasteiger partial charge in [0.2, 0.25) is 5.91 Å². The van der Waals surface area contributed by atoms with E-state index in [1.807, 2.05) is 0 Å². The minimum atomic E-state index is -4.57. The van der Waals surface area contributed by atoms with Crippen LogP contribution in [-0.4, -0.2) is 22.3 Å². The molecule has 2 rings (SSSR count). The number of hydrogen-bond acceptors (Lipinski definition) is 3. The molecule has 0 atom stereocenters. The maximum atomic E-state index is 12.6. The molecule has 0 spiro atoms.